The summed E-state index contributed by atoms with van der Waals surface area (Å²) in [5.41, 5.74) is 0. The van der Waals surface area contributed by atoms with E-state index in [4.69, 9.17) is 4.74 Å². The zero-order chi connectivity index (χ0) is 11.2. The van der Waals surface area contributed by atoms with Crippen LogP contribution in [0.15, 0.2) is 0 Å². The summed E-state index contributed by atoms with van der Waals surface area (Å²) in [6.07, 6.45) is 5.64. The van der Waals surface area contributed by atoms with Crippen LogP contribution in [0.3, 0.4) is 0 Å². The lowest BCUT2D eigenvalue weighted by Crippen LogP contribution is -2.37. The Bertz CT molecular complexity index is 184. The summed E-state index contributed by atoms with van der Waals surface area (Å²) in [5.74, 6) is 0.932. The highest BCUT2D eigenvalue weighted by molar-refractivity contribution is 4.71. The Morgan fingerprint density at radius 2 is 1.81 bits per heavy atom. The van der Waals surface area contributed by atoms with E-state index in [1.54, 1.807) is 0 Å². The lowest BCUT2D eigenvalue weighted by molar-refractivity contribution is 0.0160. The van der Waals surface area contributed by atoms with Crippen molar-refractivity contribution in [3.05, 3.63) is 0 Å². The largest absolute Gasteiger partial charge is 0.377 e. The molecule has 94 valence electrons. The first-order chi connectivity index (χ1) is 7.84. The summed E-state index contributed by atoms with van der Waals surface area (Å²) in [7, 11) is 0. The van der Waals surface area contributed by atoms with Crippen LogP contribution in [0.5, 0.6) is 0 Å². The molecule has 0 bridgehead atoms. The van der Waals surface area contributed by atoms with Gasteiger partial charge < -0.3 is 15.0 Å². The van der Waals surface area contributed by atoms with Crippen LogP contribution in [0.4, 0.5) is 0 Å². The van der Waals surface area contributed by atoms with E-state index in [1.807, 2.05) is 0 Å². The highest BCUT2D eigenvalue weighted by Gasteiger charge is 2.17. The Morgan fingerprint density at radius 3 is 2.50 bits per heavy atom. The van der Waals surface area contributed by atoms with Crippen molar-refractivity contribution in [1.29, 1.82) is 0 Å². The Kier molecular flexibility index (Phi) is 5.07. The number of hydrogen-bond donors (Lipinski definition) is 1. The molecule has 0 saturated carbocycles. The first-order valence-electron chi connectivity index (χ1n) is 6.89. The van der Waals surface area contributed by atoms with E-state index < -0.39 is 0 Å². The van der Waals surface area contributed by atoms with Crippen molar-refractivity contribution in [3.8, 4) is 0 Å². The molecule has 3 heteroatoms. The van der Waals surface area contributed by atoms with Gasteiger partial charge in [0.2, 0.25) is 0 Å². The second-order valence-electron chi connectivity index (χ2n) is 5.34. The highest BCUT2D eigenvalue weighted by Crippen LogP contribution is 2.15. The average molecular weight is 226 g/mol. The maximum atomic E-state index is 5.93. The minimum absolute atomic E-state index is 0.518. The molecule has 0 amide bonds. The van der Waals surface area contributed by atoms with E-state index in [0.29, 0.717) is 6.10 Å². The fourth-order valence-electron chi connectivity index (χ4n) is 2.60. The Balaban J connectivity index is 1.53. The molecule has 2 heterocycles. The van der Waals surface area contributed by atoms with E-state index in [1.165, 1.54) is 38.8 Å². The first kappa shape index (κ1) is 12.3. The highest BCUT2D eigenvalue weighted by atomic mass is 16.5. The van der Waals surface area contributed by atoms with Gasteiger partial charge in [-0.3, -0.25) is 0 Å². The molecule has 1 N–H and O–H groups in total. The van der Waals surface area contributed by atoms with Gasteiger partial charge in [-0.1, -0.05) is 6.92 Å². The molecule has 2 fully saturated rings. The third-order valence-corrected chi connectivity index (χ3v) is 3.92. The minimum atomic E-state index is 0.518. The van der Waals surface area contributed by atoms with Gasteiger partial charge in [0.15, 0.2) is 0 Å². The lowest BCUT2D eigenvalue weighted by Gasteiger charge is -2.31. The summed E-state index contributed by atoms with van der Waals surface area (Å²) in [5, 5.41) is 3.37. The van der Waals surface area contributed by atoms with Crippen molar-refractivity contribution < 1.29 is 4.74 Å². The van der Waals surface area contributed by atoms with Crippen molar-refractivity contribution in [2.24, 2.45) is 5.92 Å². The quantitative estimate of drug-likeness (QED) is 0.786. The zero-order valence-electron chi connectivity index (χ0n) is 10.6. The van der Waals surface area contributed by atoms with Gasteiger partial charge in [-0.15, -0.1) is 0 Å². The Labute approximate surface area is 99.5 Å². The molecule has 2 rings (SSSR count). The average Bonchev–Trinajstić information content (AvgIpc) is 2.33. The number of nitrogens with zero attached hydrogens (tertiary/aromatic N) is 1. The van der Waals surface area contributed by atoms with Crippen LogP contribution in [0.2, 0.25) is 0 Å². The zero-order valence-corrected chi connectivity index (χ0v) is 10.6. The van der Waals surface area contributed by atoms with Gasteiger partial charge in [0.1, 0.15) is 0 Å². The Morgan fingerprint density at radius 1 is 1.12 bits per heavy atom. The minimum Gasteiger partial charge on any atom is -0.377 e. The molecule has 3 nitrogen and oxygen atoms in total. The van der Waals surface area contributed by atoms with Crippen LogP contribution in [-0.4, -0.2) is 50.3 Å². The summed E-state index contributed by atoms with van der Waals surface area (Å²) in [4.78, 5) is 2.56. The standard InChI is InChI=1S/C13H26N2O/c1-12-4-8-15(9-5-12)10-11-16-13-2-6-14-7-3-13/h12-14H,2-11H2,1H3. The van der Waals surface area contributed by atoms with Crippen LogP contribution in [-0.2, 0) is 4.74 Å². The molecule has 2 aliphatic heterocycles. The molecule has 2 aliphatic rings. The lowest BCUT2D eigenvalue weighted by atomic mass is 9.99. The summed E-state index contributed by atoms with van der Waals surface area (Å²) in [6, 6.07) is 0. The smallest absolute Gasteiger partial charge is 0.0600 e. The van der Waals surface area contributed by atoms with Crippen LogP contribution in [0.1, 0.15) is 32.6 Å². The maximum Gasteiger partial charge on any atom is 0.0600 e. The fourth-order valence-corrected chi connectivity index (χ4v) is 2.60. The topological polar surface area (TPSA) is 24.5 Å². The third-order valence-electron chi connectivity index (χ3n) is 3.92. The number of likely N-dealkylation sites (tertiary alicyclic amines) is 1. The van der Waals surface area contributed by atoms with Crippen molar-refractivity contribution in [2.75, 3.05) is 39.3 Å². The molecule has 0 spiro atoms. The van der Waals surface area contributed by atoms with Gasteiger partial charge in [0.05, 0.1) is 12.7 Å². The third kappa shape index (κ3) is 4.04. The van der Waals surface area contributed by atoms with Crippen LogP contribution < -0.4 is 5.32 Å². The summed E-state index contributed by atoms with van der Waals surface area (Å²) >= 11 is 0. The predicted octanol–water partition coefficient (Wildman–Crippen LogP) is 1.49. The Hall–Kier alpha value is -0.120. The van der Waals surface area contributed by atoms with Gasteiger partial charge in [-0.25, -0.2) is 0 Å². The number of nitrogens with one attached hydrogen (secondary N) is 1. The van der Waals surface area contributed by atoms with Gasteiger partial charge >= 0.3 is 0 Å². The monoisotopic (exact) mass is 226 g/mol. The summed E-state index contributed by atoms with van der Waals surface area (Å²) < 4.78 is 5.93. The van der Waals surface area contributed by atoms with Gasteiger partial charge in [0, 0.05) is 6.54 Å². The number of rotatable bonds is 4. The van der Waals surface area contributed by atoms with E-state index in [-0.39, 0.29) is 0 Å². The van der Waals surface area contributed by atoms with Crippen LogP contribution in [0.25, 0.3) is 0 Å². The van der Waals surface area contributed by atoms with Gasteiger partial charge in [-0.05, 0) is 57.8 Å². The molecule has 0 aromatic carbocycles. The molecule has 2 saturated heterocycles. The van der Waals surface area contributed by atoms with E-state index in [9.17, 15) is 0 Å². The number of piperidine rings is 2. The SMILES string of the molecule is CC1CCN(CCOC2CCNCC2)CC1. The molecule has 0 aromatic rings. The molecule has 0 radical (unpaired) electrons. The molecule has 0 aliphatic carbocycles. The van der Waals surface area contributed by atoms with E-state index in [0.717, 1.165) is 32.2 Å². The molecule has 16 heavy (non-hydrogen) atoms. The molecular weight excluding hydrogens is 200 g/mol. The van der Waals surface area contributed by atoms with Gasteiger partial charge in [-0.2, -0.15) is 0 Å². The van der Waals surface area contributed by atoms with Crippen LogP contribution >= 0.6 is 0 Å². The van der Waals surface area contributed by atoms with Crippen molar-refractivity contribution in [1.82, 2.24) is 10.2 Å². The second kappa shape index (κ2) is 6.58. The molecule has 0 aromatic heterocycles. The van der Waals surface area contributed by atoms with Crippen molar-refractivity contribution in [3.63, 3.8) is 0 Å². The predicted molar refractivity (Wildman–Crippen MR) is 66.7 cm³/mol. The fraction of sp³-hybridized carbons (Fsp3) is 1.00. The molecule has 0 unspecified atom stereocenters. The van der Waals surface area contributed by atoms with E-state index in [2.05, 4.69) is 17.1 Å². The van der Waals surface area contributed by atoms with Gasteiger partial charge in [0.25, 0.3) is 0 Å². The first-order valence-corrected chi connectivity index (χ1v) is 6.89. The number of hydrogen-bond acceptors (Lipinski definition) is 3. The van der Waals surface area contributed by atoms with E-state index >= 15 is 0 Å². The summed E-state index contributed by atoms with van der Waals surface area (Å²) in [6.45, 7) is 9.24. The van der Waals surface area contributed by atoms with Crippen molar-refractivity contribution >= 4 is 0 Å². The molecule has 0 atom stereocenters. The second-order valence-corrected chi connectivity index (χ2v) is 5.34. The normalized spacial score (nSPS) is 26.1. The van der Waals surface area contributed by atoms with Crippen molar-refractivity contribution in [2.45, 2.75) is 38.7 Å². The maximum absolute atomic E-state index is 5.93. The number of ether oxygens (including phenoxy) is 1. The van der Waals surface area contributed by atoms with Crippen LogP contribution in [0, 0.1) is 5.92 Å². The molecular formula is C13H26N2O.